The molecule has 0 radical (unpaired) electrons. The third-order valence-electron chi connectivity index (χ3n) is 4.14. The van der Waals surface area contributed by atoms with Gasteiger partial charge in [-0.25, -0.2) is 13.2 Å². The van der Waals surface area contributed by atoms with E-state index in [2.05, 4.69) is 0 Å². The molecule has 1 aliphatic rings. The first-order valence-corrected chi connectivity index (χ1v) is 9.90. The number of morpholine rings is 1. The van der Waals surface area contributed by atoms with Gasteiger partial charge in [0, 0.05) is 19.5 Å². The Kier molecular flexibility index (Phi) is 6.03. The van der Waals surface area contributed by atoms with Crippen molar-refractivity contribution in [1.29, 1.82) is 0 Å². The number of esters is 1. The Hall–Kier alpha value is -2.22. The number of ether oxygens (including phenoxy) is 2. The normalized spacial score (nSPS) is 15.5. The molecule has 0 N–H and O–H groups in total. The number of carbonyl (C=O) groups excluding carboxylic acids is 1. The van der Waals surface area contributed by atoms with Gasteiger partial charge in [-0.1, -0.05) is 36.4 Å². The number of sulfonamides is 1. The third-order valence-corrected chi connectivity index (χ3v) is 6.04. The zero-order valence-electron chi connectivity index (χ0n) is 14.3. The van der Waals surface area contributed by atoms with Crippen molar-refractivity contribution < 1.29 is 22.7 Å². The van der Waals surface area contributed by atoms with Crippen molar-refractivity contribution in [2.45, 2.75) is 11.3 Å². The van der Waals surface area contributed by atoms with E-state index in [-0.39, 0.29) is 17.1 Å². The molecule has 1 fully saturated rings. The lowest BCUT2D eigenvalue weighted by Gasteiger charge is -2.26. The second-order valence-corrected chi connectivity index (χ2v) is 7.85. The fraction of sp³-hybridized carbons (Fsp3) is 0.316. The molecular weight excluding hydrogens is 354 g/mol. The van der Waals surface area contributed by atoms with Crippen molar-refractivity contribution in [1.82, 2.24) is 4.31 Å². The molecule has 7 heteroatoms. The minimum Gasteiger partial charge on any atom is -0.462 e. The maximum absolute atomic E-state index is 12.7. The van der Waals surface area contributed by atoms with Crippen molar-refractivity contribution in [3.8, 4) is 0 Å². The molecule has 1 aliphatic heterocycles. The van der Waals surface area contributed by atoms with E-state index in [4.69, 9.17) is 9.47 Å². The van der Waals surface area contributed by atoms with Crippen LogP contribution in [0.15, 0.2) is 59.5 Å². The summed E-state index contributed by atoms with van der Waals surface area (Å²) in [5.74, 6) is -0.528. The van der Waals surface area contributed by atoms with Gasteiger partial charge in [-0.15, -0.1) is 0 Å². The number of benzene rings is 2. The highest BCUT2D eigenvalue weighted by Crippen LogP contribution is 2.19. The first-order chi connectivity index (χ1) is 12.6. The standard InChI is InChI=1S/C19H21NO5S/c21-19(25-12-9-16-5-2-1-3-6-16)17-7-4-8-18(15-17)26(22,23)20-10-13-24-14-11-20/h1-8,15H,9-14H2. The summed E-state index contributed by atoms with van der Waals surface area (Å²) in [6.45, 7) is 1.62. The Balaban J connectivity index is 1.65. The van der Waals surface area contributed by atoms with E-state index in [9.17, 15) is 13.2 Å². The highest BCUT2D eigenvalue weighted by Gasteiger charge is 2.27. The largest absolute Gasteiger partial charge is 0.462 e. The average Bonchev–Trinajstić information content (AvgIpc) is 2.69. The van der Waals surface area contributed by atoms with Crippen LogP contribution in [0.5, 0.6) is 0 Å². The van der Waals surface area contributed by atoms with Crippen molar-refractivity contribution in [3.05, 3.63) is 65.7 Å². The van der Waals surface area contributed by atoms with E-state index in [0.29, 0.717) is 32.7 Å². The maximum atomic E-state index is 12.7. The number of nitrogens with zero attached hydrogens (tertiary/aromatic N) is 1. The van der Waals surface area contributed by atoms with Gasteiger partial charge in [0.05, 0.1) is 30.3 Å². The number of hydrogen-bond acceptors (Lipinski definition) is 5. The van der Waals surface area contributed by atoms with E-state index >= 15 is 0 Å². The third kappa shape index (κ3) is 4.49. The summed E-state index contributed by atoms with van der Waals surface area (Å²) in [6, 6.07) is 15.7. The summed E-state index contributed by atoms with van der Waals surface area (Å²) in [6.07, 6.45) is 0.609. The van der Waals surface area contributed by atoms with Gasteiger partial charge in [-0.05, 0) is 23.8 Å². The van der Waals surface area contributed by atoms with Gasteiger partial charge in [0.2, 0.25) is 10.0 Å². The zero-order chi connectivity index (χ0) is 18.4. The number of hydrogen-bond donors (Lipinski definition) is 0. The molecular formula is C19H21NO5S. The molecule has 0 saturated carbocycles. The van der Waals surface area contributed by atoms with Crippen LogP contribution >= 0.6 is 0 Å². The predicted molar refractivity (Wildman–Crippen MR) is 96.4 cm³/mol. The Morgan fingerprint density at radius 3 is 2.50 bits per heavy atom. The van der Waals surface area contributed by atoms with Gasteiger partial charge in [0.25, 0.3) is 0 Å². The Bertz CT molecular complexity index is 845. The van der Waals surface area contributed by atoms with Crippen molar-refractivity contribution >= 4 is 16.0 Å². The van der Waals surface area contributed by atoms with Crippen LogP contribution in [0, 0.1) is 0 Å². The summed E-state index contributed by atoms with van der Waals surface area (Å²) >= 11 is 0. The van der Waals surface area contributed by atoms with Crippen molar-refractivity contribution in [2.24, 2.45) is 0 Å². The summed E-state index contributed by atoms with van der Waals surface area (Å²) < 4.78 is 37.2. The topological polar surface area (TPSA) is 72.9 Å². The number of carbonyl (C=O) groups is 1. The molecule has 0 bridgehead atoms. The number of rotatable bonds is 6. The van der Waals surface area contributed by atoms with Gasteiger partial charge < -0.3 is 9.47 Å². The first kappa shape index (κ1) is 18.6. The van der Waals surface area contributed by atoms with E-state index in [1.165, 1.54) is 16.4 Å². The molecule has 2 aromatic rings. The van der Waals surface area contributed by atoms with Crippen LogP contribution in [0.1, 0.15) is 15.9 Å². The lowest BCUT2D eigenvalue weighted by Crippen LogP contribution is -2.40. The van der Waals surface area contributed by atoms with Crippen LogP contribution in [0.4, 0.5) is 0 Å². The Morgan fingerprint density at radius 1 is 1.04 bits per heavy atom. The molecule has 0 aliphatic carbocycles. The minimum absolute atomic E-state index is 0.0944. The lowest BCUT2D eigenvalue weighted by molar-refractivity contribution is 0.0509. The van der Waals surface area contributed by atoms with Gasteiger partial charge in [0.1, 0.15) is 0 Å². The molecule has 6 nitrogen and oxygen atoms in total. The van der Waals surface area contributed by atoms with E-state index in [1.54, 1.807) is 12.1 Å². The van der Waals surface area contributed by atoms with Crippen LogP contribution in [0.3, 0.4) is 0 Å². The van der Waals surface area contributed by atoms with Crippen LogP contribution in [-0.2, 0) is 25.9 Å². The maximum Gasteiger partial charge on any atom is 0.338 e. The smallest absolute Gasteiger partial charge is 0.338 e. The summed E-state index contributed by atoms with van der Waals surface area (Å²) in [4.78, 5) is 12.3. The molecule has 0 spiro atoms. The van der Waals surface area contributed by atoms with Crippen LogP contribution in [-0.4, -0.2) is 51.6 Å². The predicted octanol–water partition coefficient (Wildman–Crippen LogP) is 2.11. The van der Waals surface area contributed by atoms with Crippen molar-refractivity contribution in [3.63, 3.8) is 0 Å². The molecule has 2 aromatic carbocycles. The highest BCUT2D eigenvalue weighted by atomic mass is 32.2. The Morgan fingerprint density at radius 2 is 1.77 bits per heavy atom. The second kappa shape index (κ2) is 8.44. The molecule has 0 amide bonds. The molecule has 0 unspecified atom stereocenters. The summed E-state index contributed by atoms with van der Waals surface area (Å²) in [5.41, 5.74) is 1.30. The second-order valence-electron chi connectivity index (χ2n) is 5.92. The lowest BCUT2D eigenvalue weighted by atomic mass is 10.2. The van der Waals surface area contributed by atoms with E-state index in [1.807, 2.05) is 30.3 Å². The molecule has 1 heterocycles. The average molecular weight is 375 g/mol. The van der Waals surface area contributed by atoms with E-state index in [0.717, 1.165) is 5.56 Å². The van der Waals surface area contributed by atoms with Gasteiger partial charge >= 0.3 is 5.97 Å². The van der Waals surface area contributed by atoms with Crippen LogP contribution in [0.2, 0.25) is 0 Å². The van der Waals surface area contributed by atoms with Gasteiger partial charge in [-0.3, -0.25) is 0 Å². The monoisotopic (exact) mass is 375 g/mol. The minimum atomic E-state index is -3.64. The van der Waals surface area contributed by atoms with Crippen molar-refractivity contribution in [2.75, 3.05) is 32.9 Å². The first-order valence-electron chi connectivity index (χ1n) is 8.46. The molecule has 138 valence electrons. The van der Waals surface area contributed by atoms with Crippen LogP contribution < -0.4 is 0 Å². The quantitative estimate of drug-likeness (QED) is 0.723. The van der Waals surface area contributed by atoms with Gasteiger partial charge in [-0.2, -0.15) is 4.31 Å². The molecule has 0 atom stereocenters. The highest BCUT2D eigenvalue weighted by molar-refractivity contribution is 7.89. The van der Waals surface area contributed by atoms with E-state index < -0.39 is 16.0 Å². The fourth-order valence-corrected chi connectivity index (χ4v) is 4.16. The molecule has 3 rings (SSSR count). The molecule has 0 aromatic heterocycles. The van der Waals surface area contributed by atoms with Gasteiger partial charge in [0.15, 0.2) is 0 Å². The van der Waals surface area contributed by atoms with Crippen LogP contribution in [0.25, 0.3) is 0 Å². The molecule has 26 heavy (non-hydrogen) atoms. The molecule has 1 saturated heterocycles. The fourth-order valence-electron chi connectivity index (χ4n) is 2.71. The Labute approximate surface area is 153 Å². The summed E-state index contributed by atoms with van der Waals surface area (Å²) in [5, 5.41) is 0. The SMILES string of the molecule is O=C(OCCc1ccccc1)c1cccc(S(=O)(=O)N2CCOCC2)c1. The zero-order valence-corrected chi connectivity index (χ0v) is 15.2. The summed E-state index contributed by atoms with van der Waals surface area (Å²) in [7, 11) is -3.64.